The summed E-state index contributed by atoms with van der Waals surface area (Å²) in [5, 5.41) is 10.3. The number of hydrogen-bond donors (Lipinski definition) is 0. The highest BCUT2D eigenvalue weighted by molar-refractivity contribution is 9.10. The topological polar surface area (TPSA) is 61.2 Å². The summed E-state index contributed by atoms with van der Waals surface area (Å²) in [7, 11) is -2.00. The smallest absolute Gasteiger partial charge is 0.206 e. The Hall–Kier alpha value is -0.420. The van der Waals surface area contributed by atoms with Crippen molar-refractivity contribution in [2.45, 2.75) is 23.6 Å². The molecule has 0 saturated carbocycles. The molecule has 0 fully saturated rings. The van der Waals surface area contributed by atoms with Crippen molar-refractivity contribution in [2.24, 2.45) is 0 Å². The predicted octanol–water partition coefficient (Wildman–Crippen LogP) is 2.43. The van der Waals surface area contributed by atoms with Crippen LogP contribution in [0.4, 0.5) is 0 Å². The molecule has 0 N–H and O–H groups in total. The van der Waals surface area contributed by atoms with Gasteiger partial charge in [-0.3, -0.25) is 0 Å². The molecule has 0 spiro atoms. The van der Waals surface area contributed by atoms with Crippen molar-refractivity contribution >= 4 is 37.3 Å². The number of thiophene rings is 1. The van der Waals surface area contributed by atoms with Gasteiger partial charge in [0.2, 0.25) is 0 Å². The summed E-state index contributed by atoms with van der Waals surface area (Å²) in [6, 6.07) is 3.33. The largest absolute Gasteiger partial charge is 0.253 e. The SMILES string of the molecule is CC(CC#N)N(C)S(=O)(=O)c1sccc1Br. The standard InChI is InChI=1S/C9H11BrN2O2S2/c1-7(3-5-11)12(2)16(13,14)9-8(10)4-6-15-9/h4,6-7H,3H2,1-2H3. The van der Waals surface area contributed by atoms with E-state index in [1.54, 1.807) is 18.4 Å². The molecule has 7 heteroatoms. The third-order valence-corrected chi connectivity index (χ3v) is 6.82. The summed E-state index contributed by atoms with van der Waals surface area (Å²) in [6.45, 7) is 1.71. The molecule has 0 aromatic carbocycles. The molecule has 0 aliphatic rings. The molecular weight excluding hydrogens is 312 g/mol. The van der Waals surface area contributed by atoms with Gasteiger partial charge in [-0.1, -0.05) is 0 Å². The molecule has 0 radical (unpaired) electrons. The van der Waals surface area contributed by atoms with Crippen LogP contribution in [0, 0.1) is 11.3 Å². The zero-order valence-corrected chi connectivity index (χ0v) is 12.1. The fraction of sp³-hybridized carbons (Fsp3) is 0.444. The lowest BCUT2D eigenvalue weighted by Gasteiger charge is -2.21. The van der Waals surface area contributed by atoms with Crippen LogP contribution in [-0.4, -0.2) is 25.8 Å². The zero-order chi connectivity index (χ0) is 12.3. The van der Waals surface area contributed by atoms with Crippen LogP contribution in [0.3, 0.4) is 0 Å². The second kappa shape index (κ2) is 5.27. The van der Waals surface area contributed by atoms with E-state index in [9.17, 15) is 8.42 Å². The Kier molecular flexibility index (Phi) is 4.50. The van der Waals surface area contributed by atoms with E-state index in [0.717, 1.165) is 11.3 Å². The first-order valence-corrected chi connectivity index (χ1v) is 7.60. The third kappa shape index (κ3) is 2.63. The monoisotopic (exact) mass is 322 g/mol. The van der Waals surface area contributed by atoms with Crippen molar-refractivity contribution in [1.82, 2.24) is 4.31 Å². The molecule has 88 valence electrons. The number of rotatable bonds is 4. The number of nitrogens with zero attached hydrogens (tertiary/aromatic N) is 2. The van der Waals surface area contributed by atoms with E-state index in [0.29, 0.717) is 4.47 Å². The summed E-state index contributed by atoms with van der Waals surface area (Å²) < 4.78 is 26.3. The highest BCUT2D eigenvalue weighted by Crippen LogP contribution is 2.30. The van der Waals surface area contributed by atoms with Crippen LogP contribution in [-0.2, 0) is 10.0 Å². The maximum Gasteiger partial charge on any atom is 0.253 e. The van der Waals surface area contributed by atoms with E-state index in [2.05, 4.69) is 15.9 Å². The molecule has 0 aliphatic heterocycles. The van der Waals surface area contributed by atoms with E-state index < -0.39 is 10.0 Å². The number of hydrogen-bond acceptors (Lipinski definition) is 4. The van der Waals surface area contributed by atoms with Gasteiger partial charge in [-0.15, -0.1) is 11.3 Å². The Balaban J connectivity index is 3.05. The van der Waals surface area contributed by atoms with E-state index >= 15 is 0 Å². The van der Waals surface area contributed by atoms with Crippen molar-refractivity contribution in [3.8, 4) is 6.07 Å². The molecule has 1 heterocycles. The van der Waals surface area contributed by atoms with Gasteiger partial charge in [-0.05, 0) is 34.3 Å². The van der Waals surface area contributed by atoms with Crippen LogP contribution in [0.25, 0.3) is 0 Å². The minimum atomic E-state index is -3.49. The van der Waals surface area contributed by atoms with Crippen molar-refractivity contribution in [2.75, 3.05) is 7.05 Å². The second-order valence-corrected chi connectivity index (χ2v) is 7.25. The Labute approximate surface area is 108 Å². The molecule has 0 amide bonds. The molecule has 1 rings (SSSR count). The minimum absolute atomic E-state index is 0.179. The maximum atomic E-state index is 12.1. The van der Waals surface area contributed by atoms with Crippen LogP contribution in [0.15, 0.2) is 20.1 Å². The normalized spacial score (nSPS) is 13.7. The highest BCUT2D eigenvalue weighted by atomic mass is 79.9. The Morgan fingerprint density at radius 1 is 1.69 bits per heavy atom. The lowest BCUT2D eigenvalue weighted by Crippen LogP contribution is -2.34. The summed E-state index contributed by atoms with van der Waals surface area (Å²) >= 11 is 4.36. The summed E-state index contributed by atoms with van der Waals surface area (Å²) in [5.41, 5.74) is 0. The Bertz CT molecular complexity index is 504. The summed E-state index contributed by atoms with van der Waals surface area (Å²) in [5.74, 6) is 0. The molecule has 1 aromatic heterocycles. The van der Waals surface area contributed by atoms with Crippen LogP contribution in [0.5, 0.6) is 0 Å². The second-order valence-electron chi connectivity index (χ2n) is 3.29. The molecule has 0 aliphatic carbocycles. The van der Waals surface area contributed by atoms with Crippen LogP contribution in [0.2, 0.25) is 0 Å². The van der Waals surface area contributed by atoms with E-state index in [1.165, 1.54) is 11.4 Å². The molecule has 1 unspecified atom stereocenters. The van der Waals surface area contributed by atoms with E-state index in [-0.39, 0.29) is 16.7 Å². The number of sulfonamides is 1. The summed E-state index contributed by atoms with van der Waals surface area (Å²) in [6.07, 6.45) is 0.179. The highest BCUT2D eigenvalue weighted by Gasteiger charge is 2.28. The van der Waals surface area contributed by atoms with Crippen LogP contribution < -0.4 is 0 Å². The van der Waals surface area contributed by atoms with Gasteiger partial charge < -0.3 is 0 Å². The fourth-order valence-electron chi connectivity index (χ4n) is 1.09. The molecule has 4 nitrogen and oxygen atoms in total. The van der Waals surface area contributed by atoms with Gasteiger partial charge >= 0.3 is 0 Å². The van der Waals surface area contributed by atoms with Gasteiger partial charge in [-0.2, -0.15) is 9.57 Å². The van der Waals surface area contributed by atoms with Crippen molar-refractivity contribution in [3.63, 3.8) is 0 Å². The molecule has 0 saturated heterocycles. The van der Waals surface area contributed by atoms with Gasteiger partial charge in [0.1, 0.15) is 4.21 Å². The van der Waals surface area contributed by atoms with Crippen molar-refractivity contribution in [1.29, 1.82) is 5.26 Å². The number of nitriles is 1. The number of halogens is 1. The molecule has 16 heavy (non-hydrogen) atoms. The molecular formula is C9H11BrN2O2S2. The molecule has 0 bridgehead atoms. The van der Waals surface area contributed by atoms with Gasteiger partial charge in [0, 0.05) is 17.6 Å². The lowest BCUT2D eigenvalue weighted by molar-refractivity contribution is 0.394. The fourth-order valence-corrected chi connectivity index (χ4v) is 4.93. The minimum Gasteiger partial charge on any atom is -0.206 e. The maximum absolute atomic E-state index is 12.1. The van der Waals surface area contributed by atoms with Gasteiger partial charge in [0.25, 0.3) is 10.0 Å². The predicted molar refractivity (Wildman–Crippen MR) is 66.7 cm³/mol. The van der Waals surface area contributed by atoms with Crippen LogP contribution in [0.1, 0.15) is 13.3 Å². The first kappa shape index (κ1) is 13.6. The Morgan fingerprint density at radius 3 is 2.75 bits per heavy atom. The van der Waals surface area contributed by atoms with E-state index in [1.807, 2.05) is 6.07 Å². The van der Waals surface area contributed by atoms with Crippen molar-refractivity contribution in [3.05, 3.63) is 15.9 Å². The average molecular weight is 323 g/mol. The van der Waals surface area contributed by atoms with Gasteiger partial charge in [-0.25, -0.2) is 8.42 Å². The summed E-state index contributed by atoms with van der Waals surface area (Å²) in [4.78, 5) is 0. The van der Waals surface area contributed by atoms with Crippen LogP contribution >= 0.6 is 27.3 Å². The van der Waals surface area contributed by atoms with Crippen molar-refractivity contribution < 1.29 is 8.42 Å². The van der Waals surface area contributed by atoms with Gasteiger partial charge in [0.05, 0.1) is 12.5 Å². The Morgan fingerprint density at radius 2 is 2.31 bits per heavy atom. The lowest BCUT2D eigenvalue weighted by atomic mass is 10.3. The first-order valence-electron chi connectivity index (χ1n) is 4.49. The molecule has 1 atom stereocenters. The zero-order valence-electron chi connectivity index (χ0n) is 8.84. The quantitative estimate of drug-likeness (QED) is 0.855. The first-order chi connectivity index (χ1) is 7.41. The molecule has 1 aromatic rings. The third-order valence-electron chi connectivity index (χ3n) is 2.21. The van der Waals surface area contributed by atoms with Gasteiger partial charge in [0.15, 0.2) is 0 Å². The van der Waals surface area contributed by atoms with E-state index in [4.69, 9.17) is 5.26 Å². The average Bonchev–Trinajstić information content (AvgIpc) is 2.64.